The molecule has 1 aromatic heterocycles. The van der Waals surface area contributed by atoms with E-state index in [9.17, 15) is 9.90 Å². The summed E-state index contributed by atoms with van der Waals surface area (Å²) in [5.74, 6) is 0.775. The van der Waals surface area contributed by atoms with E-state index < -0.39 is 5.60 Å². The summed E-state index contributed by atoms with van der Waals surface area (Å²) in [6.07, 6.45) is 5.19. The zero-order valence-corrected chi connectivity index (χ0v) is 12.3. The maximum Gasteiger partial charge on any atom is 0.182 e. The van der Waals surface area contributed by atoms with E-state index in [4.69, 9.17) is 0 Å². The van der Waals surface area contributed by atoms with Crippen LogP contribution in [0.4, 0.5) is 0 Å². The summed E-state index contributed by atoms with van der Waals surface area (Å²) in [6, 6.07) is 3.29. The predicted molar refractivity (Wildman–Crippen MR) is 77.4 cm³/mol. The first-order valence-corrected chi connectivity index (χ1v) is 7.34. The third-order valence-electron chi connectivity index (χ3n) is 4.62. The van der Waals surface area contributed by atoms with E-state index in [0.717, 1.165) is 43.0 Å². The summed E-state index contributed by atoms with van der Waals surface area (Å²) < 4.78 is 2.08. The summed E-state index contributed by atoms with van der Waals surface area (Å²) in [5.41, 5.74) is 1.33. The van der Waals surface area contributed by atoms with E-state index in [1.807, 2.05) is 13.8 Å². The van der Waals surface area contributed by atoms with Crippen molar-refractivity contribution >= 4 is 0 Å². The molecule has 2 rings (SSSR count). The molecular weight excluding hydrogens is 238 g/mol. The molecule has 0 radical (unpaired) electrons. The minimum Gasteiger partial charge on any atom is -0.388 e. The van der Waals surface area contributed by atoms with E-state index in [-0.39, 0.29) is 5.43 Å². The van der Waals surface area contributed by atoms with Crippen molar-refractivity contribution in [1.82, 2.24) is 4.57 Å². The van der Waals surface area contributed by atoms with Crippen LogP contribution in [0.2, 0.25) is 0 Å². The maximum atomic E-state index is 11.4. The number of nitrogens with zero attached hydrogens (tertiary/aromatic N) is 1. The van der Waals surface area contributed by atoms with Gasteiger partial charge in [-0.05, 0) is 45.4 Å². The number of hydrogen-bond acceptors (Lipinski definition) is 2. The largest absolute Gasteiger partial charge is 0.388 e. The van der Waals surface area contributed by atoms with Gasteiger partial charge in [-0.3, -0.25) is 4.79 Å². The van der Waals surface area contributed by atoms with Crippen molar-refractivity contribution in [2.24, 2.45) is 5.92 Å². The number of aromatic nitrogens is 1. The van der Waals surface area contributed by atoms with Crippen molar-refractivity contribution in [1.29, 1.82) is 0 Å². The second kappa shape index (κ2) is 5.49. The molecule has 0 atom stereocenters. The fourth-order valence-corrected chi connectivity index (χ4v) is 3.21. The molecule has 0 aromatic carbocycles. The van der Waals surface area contributed by atoms with E-state index in [1.165, 1.54) is 6.42 Å². The number of hydrogen-bond donors (Lipinski definition) is 1. The van der Waals surface area contributed by atoms with Gasteiger partial charge in [0.1, 0.15) is 0 Å². The topological polar surface area (TPSA) is 42.2 Å². The molecule has 3 heteroatoms. The second-order valence-corrected chi connectivity index (χ2v) is 6.14. The molecule has 0 bridgehead atoms. The van der Waals surface area contributed by atoms with Gasteiger partial charge in [0.2, 0.25) is 0 Å². The van der Waals surface area contributed by atoms with Crippen LogP contribution in [0, 0.1) is 19.8 Å². The third kappa shape index (κ3) is 3.27. The Labute approximate surface area is 115 Å². The van der Waals surface area contributed by atoms with Crippen molar-refractivity contribution in [3.63, 3.8) is 0 Å². The van der Waals surface area contributed by atoms with Crippen molar-refractivity contribution in [2.45, 2.75) is 65.0 Å². The highest BCUT2D eigenvalue weighted by molar-refractivity contribution is 5.13. The van der Waals surface area contributed by atoms with Crippen molar-refractivity contribution < 1.29 is 5.11 Å². The lowest BCUT2D eigenvalue weighted by atomic mass is 9.77. The average molecular weight is 263 g/mol. The van der Waals surface area contributed by atoms with Crippen LogP contribution in [0.5, 0.6) is 0 Å². The number of rotatable bonds is 3. The van der Waals surface area contributed by atoms with Crippen LogP contribution < -0.4 is 5.43 Å². The van der Waals surface area contributed by atoms with Gasteiger partial charge in [0.25, 0.3) is 0 Å². The molecule has 1 N–H and O–H groups in total. The smallest absolute Gasteiger partial charge is 0.182 e. The molecule has 1 fully saturated rings. The van der Waals surface area contributed by atoms with Crippen LogP contribution in [-0.4, -0.2) is 15.3 Å². The Morgan fingerprint density at radius 1 is 1.26 bits per heavy atom. The number of pyridine rings is 1. The first-order valence-electron chi connectivity index (χ1n) is 7.34. The van der Waals surface area contributed by atoms with Gasteiger partial charge < -0.3 is 9.67 Å². The monoisotopic (exact) mass is 263 g/mol. The number of aliphatic hydroxyl groups is 1. The molecule has 0 aliphatic heterocycles. The second-order valence-electron chi connectivity index (χ2n) is 6.14. The van der Waals surface area contributed by atoms with E-state index >= 15 is 0 Å². The Bertz CT molecular complexity index is 470. The molecule has 1 aliphatic rings. The lowest BCUT2D eigenvalue weighted by Crippen LogP contribution is -2.39. The SMILES string of the molecule is CCC1CCC(O)(Cn2c(C)cc(=O)cc2C)CC1. The molecule has 1 heterocycles. The molecule has 0 unspecified atom stereocenters. The van der Waals surface area contributed by atoms with Crippen molar-refractivity contribution in [3.05, 3.63) is 33.7 Å². The molecule has 0 spiro atoms. The van der Waals surface area contributed by atoms with Gasteiger partial charge in [0, 0.05) is 23.5 Å². The normalized spacial score (nSPS) is 27.5. The lowest BCUT2D eigenvalue weighted by Gasteiger charge is -2.37. The summed E-state index contributed by atoms with van der Waals surface area (Å²) >= 11 is 0. The standard InChI is InChI=1S/C16H25NO2/c1-4-14-5-7-16(19,8-6-14)11-17-12(2)9-15(18)10-13(17)3/h9-10,14,19H,4-8,11H2,1-3H3. The molecule has 1 aromatic rings. The van der Waals surface area contributed by atoms with Crippen molar-refractivity contribution in [3.8, 4) is 0 Å². The Morgan fingerprint density at radius 3 is 2.26 bits per heavy atom. The van der Waals surface area contributed by atoms with Gasteiger partial charge in [0.15, 0.2) is 5.43 Å². The van der Waals surface area contributed by atoms with Gasteiger partial charge in [-0.15, -0.1) is 0 Å². The fourth-order valence-electron chi connectivity index (χ4n) is 3.21. The highest BCUT2D eigenvalue weighted by Crippen LogP contribution is 2.35. The van der Waals surface area contributed by atoms with Crippen LogP contribution in [-0.2, 0) is 6.54 Å². The Hall–Kier alpha value is -1.09. The zero-order chi connectivity index (χ0) is 14.0. The Kier molecular flexibility index (Phi) is 4.14. The van der Waals surface area contributed by atoms with Crippen LogP contribution in [0.1, 0.15) is 50.4 Å². The maximum absolute atomic E-state index is 11.4. The minimum absolute atomic E-state index is 0.0490. The van der Waals surface area contributed by atoms with Crippen LogP contribution >= 0.6 is 0 Å². The quantitative estimate of drug-likeness (QED) is 0.911. The summed E-state index contributed by atoms with van der Waals surface area (Å²) in [5, 5.41) is 10.8. The predicted octanol–water partition coefficient (Wildman–Crippen LogP) is 2.80. The van der Waals surface area contributed by atoms with Gasteiger partial charge in [-0.2, -0.15) is 0 Å². The molecule has 0 saturated heterocycles. The molecule has 3 nitrogen and oxygen atoms in total. The molecule has 1 aliphatic carbocycles. The number of aryl methyl sites for hydroxylation is 2. The minimum atomic E-state index is -0.601. The average Bonchev–Trinajstić information content (AvgIpc) is 2.35. The van der Waals surface area contributed by atoms with Gasteiger partial charge >= 0.3 is 0 Å². The fraction of sp³-hybridized carbons (Fsp3) is 0.688. The van der Waals surface area contributed by atoms with Crippen LogP contribution in [0.15, 0.2) is 16.9 Å². The molecule has 0 amide bonds. The molecule has 1 saturated carbocycles. The summed E-state index contributed by atoms with van der Waals surface area (Å²) in [6.45, 7) is 6.72. The van der Waals surface area contributed by atoms with Gasteiger partial charge in [-0.1, -0.05) is 13.3 Å². The summed E-state index contributed by atoms with van der Waals surface area (Å²) in [7, 11) is 0. The zero-order valence-electron chi connectivity index (χ0n) is 12.3. The van der Waals surface area contributed by atoms with Crippen molar-refractivity contribution in [2.75, 3.05) is 0 Å². The summed E-state index contributed by atoms with van der Waals surface area (Å²) in [4.78, 5) is 11.4. The van der Waals surface area contributed by atoms with Crippen LogP contribution in [0.3, 0.4) is 0 Å². The van der Waals surface area contributed by atoms with Crippen LogP contribution in [0.25, 0.3) is 0 Å². The Balaban J connectivity index is 2.15. The van der Waals surface area contributed by atoms with E-state index in [0.29, 0.717) is 6.54 Å². The van der Waals surface area contributed by atoms with Gasteiger partial charge in [0.05, 0.1) is 12.1 Å². The molecular formula is C16H25NO2. The van der Waals surface area contributed by atoms with E-state index in [1.54, 1.807) is 12.1 Å². The first kappa shape index (κ1) is 14.3. The molecule has 106 valence electrons. The highest BCUT2D eigenvalue weighted by Gasteiger charge is 2.33. The highest BCUT2D eigenvalue weighted by atomic mass is 16.3. The lowest BCUT2D eigenvalue weighted by molar-refractivity contribution is -0.0249. The Morgan fingerprint density at radius 2 is 1.79 bits per heavy atom. The third-order valence-corrected chi connectivity index (χ3v) is 4.62. The molecule has 19 heavy (non-hydrogen) atoms. The van der Waals surface area contributed by atoms with Gasteiger partial charge in [-0.25, -0.2) is 0 Å². The first-order chi connectivity index (χ1) is 8.93. The van der Waals surface area contributed by atoms with E-state index in [2.05, 4.69) is 11.5 Å².